The molecule has 0 heterocycles. The molecule has 3 N–H and O–H groups in total. The number of primary sulfonamides is 1. The second kappa shape index (κ2) is 6.85. The predicted molar refractivity (Wildman–Crippen MR) is 85.1 cm³/mol. The van der Waals surface area contributed by atoms with Crippen LogP contribution >= 0.6 is 0 Å². The van der Waals surface area contributed by atoms with Crippen LogP contribution in [0.3, 0.4) is 0 Å². The second-order valence-corrected chi connectivity index (χ2v) is 6.95. The van der Waals surface area contributed by atoms with Crippen molar-refractivity contribution in [1.82, 2.24) is 5.32 Å². The fraction of sp³-hybridized carbons (Fsp3) is 0.188. The Morgan fingerprint density at radius 1 is 1.12 bits per heavy atom. The minimum Gasteiger partial charge on any atom is -0.346 e. The molecule has 0 radical (unpaired) electrons. The minimum atomic E-state index is -4.47. The highest BCUT2D eigenvalue weighted by molar-refractivity contribution is 7.89. The van der Waals surface area contributed by atoms with Crippen molar-refractivity contribution in [1.29, 1.82) is 0 Å². The monoisotopic (exact) mass is 372 g/mol. The average molecular weight is 372 g/mol. The van der Waals surface area contributed by atoms with Gasteiger partial charge in [-0.15, -0.1) is 0 Å². The number of rotatable bonds is 4. The quantitative estimate of drug-likeness (QED) is 0.865. The van der Waals surface area contributed by atoms with Gasteiger partial charge in [0.05, 0.1) is 16.5 Å². The Bertz CT molecular complexity index is 878. The van der Waals surface area contributed by atoms with Crippen molar-refractivity contribution in [2.45, 2.75) is 24.0 Å². The fourth-order valence-electron chi connectivity index (χ4n) is 2.14. The maximum atomic E-state index is 12.7. The van der Waals surface area contributed by atoms with Crippen molar-refractivity contribution in [3.05, 3.63) is 65.2 Å². The van der Waals surface area contributed by atoms with Crippen molar-refractivity contribution in [2.75, 3.05) is 0 Å². The topological polar surface area (TPSA) is 89.3 Å². The molecular formula is C16H15F3N2O3S. The third kappa shape index (κ3) is 4.80. The molecule has 1 unspecified atom stereocenters. The van der Waals surface area contributed by atoms with Crippen molar-refractivity contribution in [2.24, 2.45) is 5.14 Å². The third-order valence-electron chi connectivity index (χ3n) is 3.51. The van der Waals surface area contributed by atoms with Crippen LogP contribution in [0.25, 0.3) is 0 Å². The molecule has 0 aliphatic carbocycles. The number of nitrogens with two attached hydrogens (primary N) is 1. The number of halogens is 3. The molecule has 9 heteroatoms. The molecule has 134 valence electrons. The number of sulfonamides is 1. The van der Waals surface area contributed by atoms with Gasteiger partial charge in [-0.2, -0.15) is 13.2 Å². The highest BCUT2D eigenvalue weighted by atomic mass is 32.2. The van der Waals surface area contributed by atoms with Crippen LogP contribution < -0.4 is 10.5 Å². The first-order valence-corrected chi connectivity index (χ1v) is 8.64. The number of amides is 1. The summed E-state index contributed by atoms with van der Waals surface area (Å²) >= 11 is 0. The number of benzene rings is 2. The highest BCUT2D eigenvalue weighted by Gasteiger charge is 2.30. The lowest BCUT2D eigenvalue weighted by atomic mass is 10.0. The van der Waals surface area contributed by atoms with Gasteiger partial charge in [-0.3, -0.25) is 4.79 Å². The number of carbonyl (C=O) groups excluding carboxylic acids is 1. The van der Waals surface area contributed by atoms with Crippen LogP contribution in [0.5, 0.6) is 0 Å². The Labute approximate surface area is 142 Å². The Morgan fingerprint density at radius 3 is 2.24 bits per heavy atom. The number of hydrogen-bond donors (Lipinski definition) is 2. The van der Waals surface area contributed by atoms with Crippen LogP contribution in [-0.4, -0.2) is 14.3 Å². The second-order valence-electron chi connectivity index (χ2n) is 5.39. The smallest absolute Gasteiger partial charge is 0.346 e. The maximum absolute atomic E-state index is 12.7. The van der Waals surface area contributed by atoms with E-state index in [-0.39, 0.29) is 10.5 Å². The minimum absolute atomic E-state index is 0.144. The molecule has 0 saturated heterocycles. The van der Waals surface area contributed by atoms with Crippen LogP contribution in [0.15, 0.2) is 53.4 Å². The summed E-state index contributed by atoms with van der Waals surface area (Å²) in [6.07, 6.45) is -4.47. The van der Waals surface area contributed by atoms with Crippen molar-refractivity contribution in [3.8, 4) is 0 Å². The van der Waals surface area contributed by atoms with Gasteiger partial charge in [-0.05, 0) is 48.9 Å². The molecule has 2 aromatic rings. The lowest BCUT2D eigenvalue weighted by Gasteiger charge is -2.16. The number of alkyl halides is 3. The van der Waals surface area contributed by atoms with Crippen LogP contribution in [0.2, 0.25) is 0 Å². The lowest BCUT2D eigenvalue weighted by Crippen LogP contribution is -2.27. The van der Waals surface area contributed by atoms with E-state index in [1.807, 2.05) is 0 Å². The van der Waals surface area contributed by atoms with Crippen LogP contribution in [0.1, 0.15) is 34.5 Å². The van der Waals surface area contributed by atoms with Crippen LogP contribution in [0.4, 0.5) is 13.2 Å². The summed E-state index contributed by atoms with van der Waals surface area (Å²) in [4.78, 5) is 12.0. The molecule has 1 amide bonds. The zero-order valence-electron chi connectivity index (χ0n) is 13.0. The van der Waals surface area contributed by atoms with E-state index in [1.54, 1.807) is 6.92 Å². The van der Waals surface area contributed by atoms with E-state index in [4.69, 9.17) is 5.14 Å². The Hall–Kier alpha value is -2.39. The van der Waals surface area contributed by atoms with Gasteiger partial charge in [0.1, 0.15) is 0 Å². The molecule has 2 rings (SSSR count). The standard InChI is InChI=1S/C16H15F3N2O3S/c1-10(12-3-2-4-13(9-12)16(17,18)19)21-15(22)11-5-7-14(8-6-11)25(20,23)24/h2-10H,1H3,(H,21,22)(H2,20,23,24). The van der Waals surface area contributed by atoms with E-state index in [1.165, 1.54) is 36.4 Å². The molecular weight excluding hydrogens is 357 g/mol. The summed E-state index contributed by atoms with van der Waals surface area (Å²) in [5.41, 5.74) is -0.348. The maximum Gasteiger partial charge on any atom is 0.416 e. The first kappa shape index (κ1) is 18.9. The summed E-state index contributed by atoms with van der Waals surface area (Å²) in [6.45, 7) is 1.55. The van der Waals surface area contributed by atoms with E-state index >= 15 is 0 Å². The molecule has 0 saturated carbocycles. The highest BCUT2D eigenvalue weighted by Crippen LogP contribution is 2.30. The number of hydrogen-bond acceptors (Lipinski definition) is 3. The third-order valence-corrected chi connectivity index (χ3v) is 4.44. The number of nitrogens with one attached hydrogen (secondary N) is 1. The van der Waals surface area contributed by atoms with Crippen molar-refractivity contribution < 1.29 is 26.4 Å². The van der Waals surface area contributed by atoms with E-state index in [2.05, 4.69) is 5.32 Å². The molecule has 0 aliphatic heterocycles. The normalized spacial score (nSPS) is 13.3. The zero-order chi connectivity index (χ0) is 18.8. The zero-order valence-corrected chi connectivity index (χ0v) is 13.9. The van der Waals surface area contributed by atoms with Gasteiger partial charge in [0, 0.05) is 5.56 Å². The first-order valence-electron chi connectivity index (χ1n) is 7.09. The number of carbonyl (C=O) groups is 1. The SMILES string of the molecule is CC(NC(=O)c1ccc(S(N)(=O)=O)cc1)c1cccc(C(F)(F)F)c1. The Kier molecular flexibility index (Phi) is 5.19. The molecule has 0 spiro atoms. The summed E-state index contributed by atoms with van der Waals surface area (Å²) < 4.78 is 60.6. The van der Waals surface area contributed by atoms with Gasteiger partial charge in [0.15, 0.2) is 0 Å². The largest absolute Gasteiger partial charge is 0.416 e. The molecule has 0 bridgehead atoms. The van der Waals surface area contributed by atoms with Gasteiger partial charge in [-0.1, -0.05) is 12.1 Å². The van der Waals surface area contributed by atoms with Gasteiger partial charge >= 0.3 is 6.18 Å². The Balaban J connectivity index is 2.15. The fourth-order valence-corrected chi connectivity index (χ4v) is 2.66. The van der Waals surface area contributed by atoms with E-state index in [0.717, 1.165) is 12.1 Å². The molecule has 0 aromatic heterocycles. The molecule has 0 aliphatic rings. The summed E-state index contributed by atoms with van der Waals surface area (Å²) in [5, 5.41) is 7.53. The van der Waals surface area contributed by atoms with Gasteiger partial charge in [-0.25, -0.2) is 13.6 Å². The Morgan fingerprint density at radius 2 is 1.72 bits per heavy atom. The van der Waals surface area contributed by atoms with Gasteiger partial charge < -0.3 is 5.32 Å². The van der Waals surface area contributed by atoms with Gasteiger partial charge in [0.2, 0.25) is 10.0 Å². The average Bonchev–Trinajstić information content (AvgIpc) is 2.53. The van der Waals surface area contributed by atoms with Crippen LogP contribution in [0, 0.1) is 0 Å². The first-order chi connectivity index (χ1) is 11.5. The molecule has 1 atom stereocenters. The van der Waals surface area contributed by atoms with Crippen molar-refractivity contribution >= 4 is 15.9 Å². The predicted octanol–water partition coefficient (Wildman–Crippen LogP) is 2.84. The summed E-state index contributed by atoms with van der Waals surface area (Å²) in [7, 11) is -3.87. The van der Waals surface area contributed by atoms with Crippen LogP contribution in [-0.2, 0) is 16.2 Å². The summed E-state index contributed by atoms with van der Waals surface area (Å²) in [5.74, 6) is -0.550. The molecule has 5 nitrogen and oxygen atoms in total. The van der Waals surface area contributed by atoms with Gasteiger partial charge in [0.25, 0.3) is 5.91 Å². The molecule has 2 aromatic carbocycles. The van der Waals surface area contributed by atoms with E-state index in [0.29, 0.717) is 5.56 Å². The summed E-state index contributed by atoms with van der Waals surface area (Å²) in [6, 6.07) is 8.89. The van der Waals surface area contributed by atoms with E-state index in [9.17, 15) is 26.4 Å². The van der Waals surface area contributed by atoms with Crippen molar-refractivity contribution in [3.63, 3.8) is 0 Å². The lowest BCUT2D eigenvalue weighted by molar-refractivity contribution is -0.137. The molecule has 25 heavy (non-hydrogen) atoms. The molecule has 0 fully saturated rings. The van der Waals surface area contributed by atoms with E-state index < -0.39 is 33.7 Å².